The quantitative estimate of drug-likeness (QED) is 0.518. The number of hydrogen-bond acceptors (Lipinski definition) is 5. The fraction of sp³-hybridized carbons (Fsp3) is 0.435. The van der Waals surface area contributed by atoms with Crippen LogP contribution in [0.5, 0.6) is 5.75 Å². The minimum absolute atomic E-state index is 0.0622. The van der Waals surface area contributed by atoms with Gasteiger partial charge in [-0.2, -0.15) is 13.2 Å². The maximum atomic E-state index is 13.8. The molecule has 0 bridgehead atoms. The van der Waals surface area contributed by atoms with Gasteiger partial charge < -0.3 is 21.1 Å². The normalized spacial score (nSPS) is 13.4. The van der Waals surface area contributed by atoms with E-state index in [1.54, 1.807) is 6.92 Å². The molecule has 33 heavy (non-hydrogen) atoms. The fourth-order valence-electron chi connectivity index (χ4n) is 3.36. The van der Waals surface area contributed by atoms with Crippen LogP contribution in [-0.2, 0) is 15.8 Å². The summed E-state index contributed by atoms with van der Waals surface area (Å²) in [5.41, 5.74) is 5.16. The first kappa shape index (κ1) is 26.1. The summed E-state index contributed by atoms with van der Waals surface area (Å²) < 4.78 is 46.8. The molecule has 2 amide bonds. The number of carbonyl (C=O) groups is 2. The molecule has 1 heterocycles. The lowest BCUT2D eigenvalue weighted by atomic mass is 9.93. The molecule has 4 N–H and O–H groups in total. The summed E-state index contributed by atoms with van der Waals surface area (Å²) >= 11 is 0. The van der Waals surface area contributed by atoms with Gasteiger partial charge in [0.05, 0.1) is 12.1 Å². The highest BCUT2D eigenvalue weighted by atomic mass is 19.4. The van der Waals surface area contributed by atoms with Gasteiger partial charge in [-0.3, -0.25) is 9.59 Å². The van der Waals surface area contributed by atoms with Gasteiger partial charge in [-0.1, -0.05) is 19.9 Å². The van der Waals surface area contributed by atoms with Gasteiger partial charge in [0.1, 0.15) is 18.2 Å². The summed E-state index contributed by atoms with van der Waals surface area (Å²) in [6.07, 6.45) is -2.68. The van der Waals surface area contributed by atoms with Crippen LogP contribution in [-0.4, -0.2) is 35.5 Å². The Hall–Kier alpha value is -3.14. The van der Waals surface area contributed by atoms with E-state index >= 15 is 0 Å². The van der Waals surface area contributed by atoms with Crippen molar-refractivity contribution < 1.29 is 27.5 Å². The average Bonchev–Trinajstić information content (AvgIpc) is 2.69. The number of halogens is 3. The van der Waals surface area contributed by atoms with Crippen LogP contribution in [0.25, 0.3) is 11.1 Å². The lowest BCUT2D eigenvalue weighted by molar-refractivity contribution is -0.139. The zero-order valence-electron chi connectivity index (χ0n) is 19.0. The van der Waals surface area contributed by atoms with Crippen molar-refractivity contribution in [3.8, 4) is 16.9 Å². The Morgan fingerprint density at radius 2 is 1.82 bits per heavy atom. The van der Waals surface area contributed by atoms with Crippen molar-refractivity contribution in [3.05, 3.63) is 42.1 Å². The van der Waals surface area contributed by atoms with E-state index < -0.39 is 23.2 Å². The van der Waals surface area contributed by atoms with E-state index in [1.165, 1.54) is 37.4 Å². The van der Waals surface area contributed by atoms with Gasteiger partial charge in [-0.15, -0.1) is 0 Å². The molecule has 0 aliphatic rings. The molecule has 180 valence electrons. The monoisotopic (exact) mass is 466 g/mol. The Morgan fingerprint density at radius 3 is 2.42 bits per heavy atom. The molecule has 2 aromatic rings. The number of nitrogens with one attached hydrogen (secondary N) is 2. The standard InChI is InChI=1S/C23H29F3N4O3/c1-14(2)11-22(4,27)13-33-19-6-5-16(9-18(19)23(24,25)26)17-7-8-28-20(10-17)30-21(32)12-29-15(3)31/h5-10,14H,11-13,27H2,1-4H3,(H,29,31)(H,28,30,32). The number of hydrogen-bond donors (Lipinski definition) is 3. The number of rotatable bonds is 9. The lowest BCUT2D eigenvalue weighted by Gasteiger charge is -2.27. The molecule has 0 aliphatic heterocycles. The van der Waals surface area contributed by atoms with Crippen LogP contribution in [0.1, 0.15) is 39.7 Å². The maximum absolute atomic E-state index is 13.8. The molecule has 0 saturated carbocycles. The van der Waals surface area contributed by atoms with Gasteiger partial charge in [0, 0.05) is 18.7 Å². The van der Waals surface area contributed by atoms with E-state index in [0.717, 1.165) is 6.07 Å². The molecule has 2 rings (SSSR count). The number of pyridine rings is 1. The van der Waals surface area contributed by atoms with E-state index in [1.807, 2.05) is 13.8 Å². The molecule has 0 radical (unpaired) electrons. The van der Waals surface area contributed by atoms with Crippen LogP contribution < -0.4 is 21.1 Å². The molecule has 10 heteroatoms. The smallest absolute Gasteiger partial charge is 0.419 e. The third-order valence-corrected chi connectivity index (χ3v) is 4.58. The number of anilines is 1. The summed E-state index contributed by atoms with van der Waals surface area (Å²) in [6, 6.07) is 6.72. The highest BCUT2D eigenvalue weighted by Crippen LogP contribution is 2.39. The number of alkyl halides is 3. The zero-order valence-corrected chi connectivity index (χ0v) is 19.0. The molecule has 1 aromatic carbocycles. The Kier molecular flexibility index (Phi) is 8.43. The topological polar surface area (TPSA) is 106 Å². The minimum Gasteiger partial charge on any atom is -0.491 e. The van der Waals surface area contributed by atoms with Gasteiger partial charge in [-0.05, 0) is 54.7 Å². The summed E-state index contributed by atoms with van der Waals surface area (Å²) in [5, 5.41) is 4.84. The van der Waals surface area contributed by atoms with E-state index in [2.05, 4.69) is 15.6 Å². The number of benzene rings is 1. The van der Waals surface area contributed by atoms with Crippen LogP contribution in [0.4, 0.5) is 19.0 Å². The van der Waals surface area contributed by atoms with Crippen molar-refractivity contribution in [3.63, 3.8) is 0 Å². The molecule has 0 spiro atoms. The summed E-state index contributed by atoms with van der Waals surface area (Å²) in [4.78, 5) is 26.8. The van der Waals surface area contributed by atoms with Gasteiger partial charge in [-0.25, -0.2) is 4.98 Å². The number of aromatic nitrogens is 1. The van der Waals surface area contributed by atoms with Crippen LogP contribution in [0, 0.1) is 5.92 Å². The van der Waals surface area contributed by atoms with Crippen LogP contribution in [0.3, 0.4) is 0 Å². The Morgan fingerprint density at radius 1 is 1.15 bits per heavy atom. The second kappa shape index (κ2) is 10.7. The van der Waals surface area contributed by atoms with Crippen molar-refractivity contribution >= 4 is 17.6 Å². The Balaban J connectivity index is 2.26. The number of amides is 2. The van der Waals surface area contributed by atoms with E-state index in [-0.39, 0.29) is 42.1 Å². The van der Waals surface area contributed by atoms with Crippen LogP contribution >= 0.6 is 0 Å². The molecular formula is C23H29F3N4O3. The fourth-order valence-corrected chi connectivity index (χ4v) is 3.36. The largest absolute Gasteiger partial charge is 0.491 e. The molecule has 1 unspecified atom stereocenters. The summed E-state index contributed by atoms with van der Waals surface area (Å²) in [6.45, 7) is 6.66. The van der Waals surface area contributed by atoms with Crippen molar-refractivity contribution in [1.82, 2.24) is 10.3 Å². The van der Waals surface area contributed by atoms with Crippen molar-refractivity contribution in [2.45, 2.75) is 45.8 Å². The predicted octanol–water partition coefficient (Wildman–Crippen LogP) is 3.98. The lowest BCUT2D eigenvalue weighted by Crippen LogP contribution is -2.43. The molecular weight excluding hydrogens is 437 g/mol. The first-order valence-electron chi connectivity index (χ1n) is 10.4. The highest BCUT2D eigenvalue weighted by molar-refractivity contribution is 5.94. The SMILES string of the molecule is CC(=O)NCC(=O)Nc1cc(-c2ccc(OCC(C)(N)CC(C)C)c(C(F)(F)F)c2)ccn1. The molecule has 1 aromatic heterocycles. The van der Waals surface area contributed by atoms with Crippen molar-refractivity contribution in [1.29, 1.82) is 0 Å². The number of nitrogens with zero attached hydrogens (tertiary/aromatic N) is 1. The van der Waals surface area contributed by atoms with E-state index in [4.69, 9.17) is 10.5 Å². The summed E-state index contributed by atoms with van der Waals surface area (Å²) in [7, 11) is 0. The van der Waals surface area contributed by atoms with Gasteiger partial charge in [0.2, 0.25) is 11.8 Å². The van der Waals surface area contributed by atoms with Gasteiger partial charge in [0.15, 0.2) is 0 Å². The molecule has 0 fully saturated rings. The Labute approximate surface area is 190 Å². The van der Waals surface area contributed by atoms with Crippen LogP contribution in [0.15, 0.2) is 36.5 Å². The molecule has 7 nitrogen and oxygen atoms in total. The second-order valence-electron chi connectivity index (χ2n) is 8.64. The van der Waals surface area contributed by atoms with Gasteiger partial charge >= 0.3 is 6.18 Å². The predicted molar refractivity (Wildman–Crippen MR) is 120 cm³/mol. The first-order valence-corrected chi connectivity index (χ1v) is 10.4. The van der Waals surface area contributed by atoms with E-state index in [9.17, 15) is 22.8 Å². The second-order valence-corrected chi connectivity index (χ2v) is 8.64. The zero-order chi connectivity index (χ0) is 24.8. The van der Waals surface area contributed by atoms with Crippen LogP contribution in [0.2, 0.25) is 0 Å². The van der Waals surface area contributed by atoms with E-state index in [0.29, 0.717) is 12.0 Å². The van der Waals surface area contributed by atoms with Gasteiger partial charge in [0.25, 0.3) is 0 Å². The summed E-state index contributed by atoms with van der Waals surface area (Å²) in [5.74, 6) is -0.768. The van der Waals surface area contributed by atoms with Crippen molar-refractivity contribution in [2.75, 3.05) is 18.5 Å². The first-order chi connectivity index (χ1) is 15.3. The maximum Gasteiger partial charge on any atom is 0.419 e. The number of ether oxygens (including phenoxy) is 1. The minimum atomic E-state index is -4.64. The number of nitrogens with two attached hydrogens (primary N) is 1. The third kappa shape index (κ3) is 8.38. The Bertz CT molecular complexity index is 991. The number of carbonyl (C=O) groups excluding carboxylic acids is 2. The molecule has 1 atom stereocenters. The third-order valence-electron chi connectivity index (χ3n) is 4.58. The highest BCUT2D eigenvalue weighted by Gasteiger charge is 2.35. The molecule has 0 saturated heterocycles. The van der Waals surface area contributed by atoms with Crippen molar-refractivity contribution in [2.24, 2.45) is 11.7 Å². The average molecular weight is 467 g/mol. The molecule has 0 aliphatic carbocycles.